The van der Waals surface area contributed by atoms with Crippen molar-refractivity contribution < 1.29 is 14.6 Å². The van der Waals surface area contributed by atoms with Crippen molar-refractivity contribution in [3.8, 4) is 5.75 Å². The van der Waals surface area contributed by atoms with E-state index in [1.165, 1.54) is 0 Å². The largest absolute Gasteiger partial charge is 0.494 e. The van der Waals surface area contributed by atoms with E-state index >= 15 is 0 Å². The first-order valence-corrected chi connectivity index (χ1v) is 7.62. The third-order valence-corrected chi connectivity index (χ3v) is 4.43. The lowest BCUT2D eigenvalue weighted by Crippen LogP contribution is -2.48. The van der Waals surface area contributed by atoms with Crippen LogP contribution < -0.4 is 10.5 Å². The summed E-state index contributed by atoms with van der Waals surface area (Å²) in [4.78, 5) is 14.8. The summed E-state index contributed by atoms with van der Waals surface area (Å²) in [6, 6.07) is 5.50. The number of anilines is 1. The van der Waals surface area contributed by atoms with Gasteiger partial charge in [-0.3, -0.25) is 4.79 Å². The molecule has 5 heteroatoms. The van der Waals surface area contributed by atoms with Crippen LogP contribution in [0.25, 0.3) is 0 Å². The van der Waals surface area contributed by atoms with Crippen molar-refractivity contribution in [2.24, 2.45) is 0 Å². The van der Waals surface area contributed by atoms with Gasteiger partial charge in [0.15, 0.2) is 0 Å². The van der Waals surface area contributed by atoms with Gasteiger partial charge in [0.25, 0.3) is 5.91 Å². The van der Waals surface area contributed by atoms with Crippen LogP contribution in [0.2, 0.25) is 0 Å². The second kappa shape index (κ2) is 5.56. The fourth-order valence-electron chi connectivity index (χ4n) is 3.62. The molecule has 5 nitrogen and oxygen atoms in total. The van der Waals surface area contributed by atoms with E-state index in [4.69, 9.17) is 10.5 Å². The molecule has 0 aliphatic carbocycles. The Morgan fingerprint density at radius 2 is 2.00 bits per heavy atom. The molecule has 1 amide bonds. The Morgan fingerprint density at radius 3 is 2.62 bits per heavy atom. The number of nitrogens with zero attached hydrogens (tertiary/aromatic N) is 1. The van der Waals surface area contributed by atoms with Crippen molar-refractivity contribution in [1.29, 1.82) is 0 Å². The van der Waals surface area contributed by atoms with Crippen LogP contribution in [0, 0.1) is 0 Å². The second-order valence-electron chi connectivity index (χ2n) is 5.95. The van der Waals surface area contributed by atoms with Crippen molar-refractivity contribution in [1.82, 2.24) is 4.90 Å². The zero-order valence-corrected chi connectivity index (χ0v) is 12.3. The van der Waals surface area contributed by atoms with E-state index in [9.17, 15) is 9.90 Å². The van der Waals surface area contributed by atoms with Crippen LogP contribution in [-0.2, 0) is 0 Å². The molecule has 0 radical (unpaired) electrons. The predicted octanol–water partition coefficient (Wildman–Crippen LogP) is 1.80. The van der Waals surface area contributed by atoms with E-state index in [-0.39, 0.29) is 24.1 Å². The minimum Gasteiger partial charge on any atom is -0.494 e. The van der Waals surface area contributed by atoms with E-state index in [0.717, 1.165) is 12.8 Å². The molecule has 2 aliphatic rings. The van der Waals surface area contributed by atoms with Gasteiger partial charge in [-0.15, -0.1) is 0 Å². The molecular formula is C16H22N2O3. The molecule has 21 heavy (non-hydrogen) atoms. The Bertz CT molecular complexity index is 532. The SMILES string of the molecule is CCOc1cc(N)cc(C(=O)N2C3CCC2CC(O)C3)c1. The number of aliphatic hydroxyl groups is 1. The first-order valence-electron chi connectivity index (χ1n) is 7.62. The van der Waals surface area contributed by atoms with Gasteiger partial charge in [0.1, 0.15) is 5.75 Å². The molecule has 2 fully saturated rings. The minimum atomic E-state index is -0.272. The number of aliphatic hydroxyl groups excluding tert-OH is 1. The number of piperidine rings is 1. The minimum absolute atomic E-state index is 0.00246. The number of amides is 1. The molecule has 1 aromatic carbocycles. The van der Waals surface area contributed by atoms with E-state index in [1.807, 2.05) is 11.8 Å². The number of nitrogens with two attached hydrogens (primary N) is 1. The van der Waals surface area contributed by atoms with E-state index in [1.54, 1.807) is 18.2 Å². The quantitative estimate of drug-likeness (QED) is 0.832. The van der Waals surface area contributed by atoms with Crippen LogP contribution in [0.5, 0.6) is 5.75 Å². The lowest BCUT2D eigenvalue weighted by atomic mass is 9.98. The summed E-state index contributed by atoms with van der Waals surface area (Å²) >= 11 is 0. The van der Waals surface area contributed by atoms with Crippen LogP contribution in [0.1, 0.15) is 43.0 Å². The van der Waals surface area contributed by atoms with Gasteiger partial charge in [-0.25, -0.2) is 0 Å². The fourth-order valence-corrected chi connectivity index (χ4v) is 3.62. The van der Waals surface area contributed by atoms with Crippen LogP contribution in [0.15, 0.2) is 18.2 Å². The first-order chi connectivity index (χ1) is 10.1. The standard InChI is InChI=1S/C16H22N2O3/c1-2-21-15-6-10(5-11(17)7-15)16(20)18-12-3-4-13(18)9-14(19)8-12/h5-7,12-14,19H,2-4,8-9,17H2,1H3. The van der Waals surface area contributed by atoms with Gasteiger partial charge in [-0.1, -0.05) is 0 Å². The van der Waals surface area contributed by atoms with Crippen molar-refractivity contribution in [3.63, 3.8) is 0 Å². The van der Waals surface area contributed by atoms with Gasteiger partial charge in [0.2, 0.25) is 0 Å². The van der Waals surface area contributed by atoms with Gasteiger partial charge in [-0.2, -0.15) is 0 Å². The lowest BCUT2D eigenvalue weighted by Gasteiger charge is -2.37. The summed E-state index contributed by atoms with van der Waals surface area (Å²) in [5, 5.41) is 9.84. The Labute approximate surface area is 124 Å². The number of benzene rings is 1. The molecule has 2 heterocycles. The van der Waals surface area contributed by atoms with Gasteiger partial charge in [-0.05, 0) is 44.7 Å². The average molecular weight is 290 g/mol. The fraction of sp³-hybridized carbons (Fsp3) is 0.562. The van der Waals surface area contributed by atoms with E-state index < -0.39 is 0 Å². The molecule has 0 aromatic heterocycles. The van der Waals surface area contributed by atoms with Crippen LogP contribution >= 0.6 is 0 Å². The molecule has 3 rings (SSSR count). The molecule has 2 unspecified atom stereocenters. The summed E-state index contributed by atoms with van der Waals surface area (Å²) in [5.41, 5.74) is 6.98. The number of fused-ring (bicyclic) bond motifs is 2. The van der Waals surface area contributed by atoms with Gasteiger partial charge in [0.05, 0.1) is 12.7 Å². The molecule has 114 valence electrons. The summed E-state index contributed by atoms with van der Waals surface area (Å²) in [6.45, 7) is 2.44. The summed E-state index contributed by atoms with van der Waals surface area (Å²) in [7, 11) is 0. The highest BCUT2D eigenvalue weighted by molar-refractivity contribution is 5.96. The normalized spacial score (nSPS) is 27.7. The maximum atomic E-state index is 12.8. The van der Waals surface area contributed by atoms with Gasteiger partial charge >= 0.3 is 0 Å². The smallest absolute Gasteiger partial charge is 0.254 e. The predicted molar refractivity (Wildman–Crippen MR) is 80.2 cm³/mol. The number of carbonyl (C=O) groups excluding carboxylic acids is 1. The molecule has 2 bridgehead atoms. The molecule has 2 atom stereocenters. The van der Waals surface area contributed by atoms with Crippen LogP contribution in [0.4, 0.5) is 5.69 Å². The average Bonchev–Trinajstić information content (AvgIpc) is 2.70. The number of ether oxygens (including phenoxy) is 1. The molecule has 2 aliphatic heterocycles. The van der Waals surface area contributed by atoms with Crippen molar-refractivity contribution in [2.45, 2.75) is 50.8 Å². The van der Waals surface area contributed by atoms with Gasteiger partial charge < -0.3 is 20.5 Å². The summed E-state index contributed by atoms with van der Waals surface area (Å²) in [6.07, 6.45) is 3.06. The Hall–Kier alpha value is -1.75. The van der Waals surface area contributed by atoms with E-state index in [2.05, 4.69) is 0 Å². The van der Waals surface area contributed by atoms with Crippen molar-refractivity contribution in [3.05, 3.63) is 23.8 Å². The molecule has 2 saturated heterocycles. The van der Waals surface area contributed by atoms with Crippen molar-refractivity contribution >= 4 is 11.6 Å². The van der Waals surface area contributed by atoms with Gasteiger partial charge in [0, 0.05) is 29.4 Å². The molecule has 0 spiro atoms. The number of nitrogen functional groups attached to an aromatic ring is 1. The number of hydrogen-bond donors (Lipinski definition) is 2. The van der Waals surface area contributed by atoms with Crippen molar-refractivity contribution in [2.75, 3.05) is 12.3 Å². The topological polar surface area (TPSA) is 75.8 Å². The number of rotatable bonds is 3. The Kier molecular flexibility index (Phi) is 3.76. The zero-order valence-electron chi connectivity index (χ0n) is 12.3. The Morgan fingerprint density at radius 1 is 1.33 bits per heavy atom. The highest BCUT2D eigenvalue weighted by Gasteiger charge is 2.43. The van der Waals surface area contributed by atoms with Crippen LogP contribution in [-0.4, -0.2) is 40.7 Å². The molecular weight excluding hydrogens is 268 g/mol. The lowest BCUT2D eigenvalue weighted by molar-refractivity contribution is 0.0286. The zero-order chi connectivity index (χ0) is 15.0. The van der Waals surface area contributed by atoms with Crippen LogP contribution in [0.3, 0.4) is 0 Å². The third-order valence-electron chi connectivity index (χ3n) is 4.43. The highest BCUT2D eigenvalue weighted by atomic mass is 16.5. The highest BCUT2D eigenvalue weighted by Crippen LogP contribution is 2.37. The second-order valence-corrected chi connectivity index (χ2v) is 5.95. The summed E-state index contributed by atoms with van der Waals surface area (Å²) < 4.78 is 5.46. The molecule has 1 aromatic rings. The third kappa shape index (κ3) is 2.70. The monoisotopic (exact) mass is 290 g/mol. The number of carbonyl (C=O) groups is 1. The maximum absolute atomic E-state index is 12.8. The molecule has 0 saturated carbocycles. The first kappa shape index (κ1) is 14.2. The van der Waals surface area contributed by atoms with E-state index in [0.29, 0.717) is 36.4 Å². The Balaban J connectivity index is 1.85. The molecule has 3 N–H and O–H groups in total. The maximum Gasteiger partial charge on any atom is 0.254 e. The summed E-state index contributed by atoms with van der Waals surface area (Å²) in [5.74, 6) is 0.632. The number of hydrogen-bond acceptors (Lipinski definition) is 4.